The molecule has 0 bridgehead atoms. The van der Waals surface area contributed by atoms with Crippen LogP contribution in [0.2, 0.25) is 0 Å². The Labute approximate surface area is 170 Å². The topological polar surface area (TPSA) is 74.7 Å². The van der Waals surface area contributed by atoms with Crippen molar-refractivity contribution in [2.75, 3.05) is 31.5 Å². The smallest absolute Gasteiger partial charge is 0.321 e. The third-order valence-corrected chi connectivity index (χ3v) is 7.22. The number of nitrogens with one attached hydrogen (secondary N) is 1. The summed E-state index contributed by atoms with van der Waals surface area (Å²) in [5.74, 6) is 0. The Morgan fingerprint density at radius 1 is 0.966 bits per heavy atom. The molecule has 0 aliphatic carbocycles. The van der Waals surface area contributed by atoms with Crippen LogP contribution in [-0.2, 0) is 17.1 Å². The highest BCUT2D eigenvalue weighted by Gasteiger charge is 2.30. The summed E-state index contributed by atoms with van der Waals surface area (Å²) in [4.78, 5) is 14.4. The van der Waals surface area contributed by atoms with Crippen LogP contribution < -0.4 is 5.32 Å². The zero-order valence-electron chi connectivity index (χ0n) is 16.5. The fourth-order valence-electron chi connectivity index (χ4n) is 3.54. The summed E-state index contributed by atoms with van der Waals surface area (Å²) in [6, 6.07) is 14.5. The van der Waals surface area contributed by atoms with E-state index in [0.29, 0.717) is 13.1 Å². The summed E-state index contributed by atoms with van der Waals surface area (Å²) in [6.07, 6.45) is 1.91. The van der Waals surface area contributed by atoms with Gasteiger partial charge in [-0.3, -0.25) is 0 Å². The lowest BCUT2D eigenvalue weighted by Crippen LogP contribution is -2.51. The van der Waals surface area contributed by atoms with Crippen LogP contribution in [0.5, 0.6) is 0 Å². The number of hydrogen-bond donors (Lipinski definition) is 1. The molecule has 1 aromatic heterocycles. The lowest BCUT2D eigenvalue weighted by molar-refractivity contribution is 0.184. The molecule has 2 heterocycles. The first-order valence-corrected chi connectivity index (χ1v) is 11.0. The first kappa shape index (κ1) is 19.5. The number of amides is 2. The number of piperazine rings is 1. The van der Waals surface area contributed by atoms with Gasteiger partial charge in [-0.15, -0.1) is 0 Å². The molecule has 2 amide bonds. The summed E-state index contributed by atoms with van der Waals surface area (Å²) in [7, 11) is -1.66. The number of aromatic nitrogens is 1. The SMILES string of the molecule is Cc1ccc(NC(=O)N2CCN(S(=O)(=O)c3ccc4c(ccn4C)c3)CC2)cc1. The Kier molecular flexibility index (Phi) is 5.06. The van der Waals surface area contributed by atoms with Crippen LogP contribution in [0.25, 0.3) is 10.9 Å². The third kappa shape index (κ3) is 3.86. The number of sulfonamides is 1. The third-order valence-electron chi connectivity index (χ3n) is 5.32. The maximum Gasteiger partial charge on any atom is 0.321 e. The minimum Gasteiger partial charge on any atom is -0.351 e. The molecule has 2 aromatic carbocycles. The average Bonchev–Trinajstić information content (AvgIpc) is 3.10. The molecule has 29 heavy (non-hydrogen) atoms. The van der Waals surface area contributed by atoms with Crippen LogP contribution in [-0.4, -0.2) is 54.4 Å². The molecule has 152 valence electrons. The summed E-state index contributed by atoms with van der Waals surface area (Å²) in [6.45, 7) is 3.24. The molecule has 1 N–H and O–H groups in total. The number of carbonyl (C=O) groups is 1. The second-order valence-electron chi connectivity index (χ2n) is 7.33. The average molecular weight is 413 g/mol. The van der Waals surface area contributed by atoms with E-state index in [2.05, 4.69) is 5.32 Å². The van der Waals surface area contributed by atoms with Crippen molar-refractivity contribution in [1.82, 2.24) is 13.8 Å². The molecule has 1 saturated heterocycles. The number of fused-ring (bicyclic) bond motifs is 1. The van der Waals surface area contributed by atoms with Gasteiger partial charge in [0.25, 0.3) is 0 Å². The van der Waals surface area contributed by atoms with Gasteiger partial charge in [0.05, 0.1) is 4.90 Å². The second kappa shape index (κ2) is 7.53. The molecule has 8 heteroatoms. The van der Waals surface area contributed by atoms with Crippen LogP contribution in [0.15, 0.2) is 59.6 Å². The Morgan fingerprint density at radius 2 is 1.66 bits per heavy atom. The number of carbonyl (C=O) groups excluding carboxylic acids is 1. The Balaban J connectivity index is 1.42. The number of urea groups is 1. The van der Waals surface area contributed by atoms with Gasteiger partial charge in [0.1, 0.15) is 0 Å². The monoisotopic (exact) mass is 412 g/mol. The summed E-state index contributed by atoms with van der Waals surface area (Å²) < 4.78 is 29.5. The summed E-state index contributed by atoms with van der Waals surface area (Å²) >= 11 is 0. The minimum atomic E-state index is -3.59. The van der Waals surface area contributed by atoms with Crippen LogP contribution in [0.3, 0.4) is 0 Å². The number of rotatable bonds is 3. The molecular weight excluding hydrogens is 388 g/mol. The summed E-state index contributed by atoms with van der Waals surface area (Å²) in [5.41, 5.74) is 2.84. The maximum atomic E-state index is 13.0. The highest BCUT2D eigenvalue weighted by Crippen LogP contribution is 2.23. The Bertz CT molecular complexity index is 1140. The van der Waals surface area contributed by atoms with E-state index in [9.17, 15) is 13.2 Å². The quantitative estimate of drug-likeness (QED) is 0.719. The predicted octanol–water partition coefficient (Wildman–Crippen LogP) is 3.03. The van der Waals surface area contributed by atoms with E-state index in [1.807, 2.05) is 61.1 Å². The normalized spacial score (nSPS) is 15.6. The van der Waals surface area contributed by atoms with Crippen molar-refractivity contribution in [3.8, 4) is 0 Å². The van der Waals surface area contributed by atoms with Gasteiger partial charge >= 0.3 is 6.03 Å². The molecule has 7 nitrogen and oxygen atoms in total. The van der Waals surface area contributed by atoms with Crippen molar-refractivity contribution < 1.29 is 13.2 Å². The minimum absolute atomic E-state index is 0.211. The first-order chi connectivity index (χ1) is 13.8. The highest BCUT2D eigenvalue weighted by molar-refractivity contribution is 7.89. The molecule has 1 aliphatic heterocycles. The van der Waals surface area contributed by atoms with Crippen molar-refractivity contribution in [3.63, 3.8) is 0 Å². The van der Waals surface area contributed by atoms with Crippen LogP contribution in [0.1, 0.15) is 5.56 Å². The molecule has 4 rings (SSSR count). The summed E-state index contributed by atoms with van der Waals surface area (Å²) in [5, 5.41) is 3.76. The molecule has 1 aliphatic rings. The molecule has 1 fully saturated rings. The van der Waals surface area contributed by atoms with Gasteiger partial charge in [0.15, 0.2) is 0 Å². The van der Waals surface area contributed by atoms with Crippen molar-refractivity contribution in [2.45, 2.75) is 11.8 Å². The van der Waals surface area contributed by atoms with Gasteiger partial charge < -0.3 is 14.8 Å². The van der Waals surface area contributed by atoms with Gasteiger partial charge in [-0.1, -0.05) is 17.7 Å². The van der Waals surface area contributed by atoms with E-state index < -0.39 is 10.0 Å². The van der Waals surface area contributed by atoms with Gasteiger partial charge in [0, 0.05) is 56.0 Å². The Morgan fingerprint density at radius 3 is 2.34 bits per heavy atom. The van der Waals surface area contributed by atoms with Crippen LogP contribution in [0.4, 0.5) is 10.5 Å². The molecule has 0 unspecified atom stereocenters. The van der Waals surface area contributed by atoms with E-state index in [0.717, 1.165) is 22.2 Å². The zero-order valence-corrected chi connectivity index (χ0v) is 17.3. The lowest BCUT2D eigenvalue weighted by Gasteiger charge is -2.34. The van der Waals surface area contributed by atoms with E-state index in [4.69, 9.17) is 0 Å². The Hall–Kier alpha value is -2.84. The van der Waals surface area contributed by atoms with Crippen molar-refractivity contribution in [3.05, 3.63) is 60.3 Å². The van der Waals surface area contributed by atoms with Crippen LogP contribution >= 0.6 is 0 Å². The van der Waals surface area contributed by atoms with Gasteiger partial charge in [-0.25, -0.2) is 13.2 Å². The van der Waals surface area contributed by atoms with E-state index in [-0.39, 0.29) is 24.0 Å². The van der Waals surface area contributed by atoms with Crippen molar-refractivity contribution in [1.29, 1.82) is 0 Å². The van der Waals surface area contributed by atoms with E-state index >= 15 is 0 Å². The number of hydrogen-bond acceptors (Lipinski definition) is 3. The number of aryl methyl sites for hydroxylation is 2. The molecule has 3 aromatic rings. The number of nitrogens with zero attached hydrogens (tertiary/aromatic N) is 3. The van der Waals surface area contributed by atoms with Gasteiger partial charge in [-0.2, -0.15) is 4.31 Å². The highest BCUT2D eigenvalue weighted by atomic mass is 32.2. The molecule has 0 saturated carbocycles. The number of anilines is 1. The lowest BCUT2D eigenvalue weighted by atomic mass is 10.2. The molecule has 0 spiro atoms. The first-order valence-electron chi connectivity index (χ1n) is 9.52. The fraction of sp³-hybridized carbons (Fsp3) is 0.286. The van der Waals surface area contributed by atoms with Gasteiger partial charge in [0.2, 0.25) is 10.0 Å². The maximum absolute atomic E-state index is 13.0. The van der Waals surface area contributed by atoms with Crippen molar-refractivity contribution in [2.24, 2.45) is 7.05 Å². The molecule has 0 atom stereocenters. The predicted molar refractivity (Wildman–Crippen MR) is 113 cm³/mol. The van der Waals surface area contributed by atoms with Gasteiger partial charge in [-0.05, 0) is 43.3 Å². The second-order valence-corrected chi connectivity index (χ2v) is 9.27. The van der Waals surface area contributed by atoms with Crippen molar-refractivity contribution >= 4 is 32.6 Å². The van der Waals surface area contributed by atoms with E-state index in [1.54, 1.807) is 17.0 Å². The zero-order chi connectivity index (χ0) is 20.6. The largest absolute Gasteiger partial charge is 0.351 e. The fourth-order valence-corrected chi connectivity index (χ4v) is 5.00. The molecule has 0 radical (unpaired) electrons. The number of benzene rings is 2. The van der Waals surface area contributed by atoms with Crippen LogP contribution in [0, 0.1) is 6.92 Å². The standard InChI is InChI=1S/C21H24N4O3S/c1-16-3-5-18(6-4-16)22-21(26)24-11-13-25(14-12-24)29(27,28)19-7-8-20-17(15-19)9-10-23(20)2/h3-10,15H,11-14H2,1-2H3,(H,22,26). The molecular formula is C21H24N4O3S. The van der Waals surface area contributed by atoms with E-state index in [1.165, 1.54) is 4.31 Å².